The van der Waals surface area contributed by atoms with Crippen LogP contribution in [0.1, 0.15) is 21.6 Å². The summed E-state index contributed by atoms with van der Waals surface area (Å²) in [7, 11) is -2.36. The molecule has 32 heavy (non-hydrogen) atoms. The molecular formula is C20H20ClFN6O3S. The summed E-state index contributed by atoms with van der Waals surface area (Å²) in [5.41, 5.74) is 0.216. The summed E-state index contributed by atoms with van der Waals surface area (Å²) in [6.07, 6.45) is 2.72. The molecule has 1 aliphatic rings. The molecule has 0 unspecified atom stereocenters. The smallest absolute Gasteiger partial charge is 0.264 e. The fourth-order valence-corrected chi connectivity index (χ4v) is 5.49. The van der Waals surface area contributed by atoms with E-state index in [1.54, 1.807) is 25.2 Å². The quantitative estimate of drug-likeness (QED) is 0.577. The zero-order valence-electron chi connectivity index (χ0n) is 17.3. The normalized spacial score (nSPS) is 15.9. The van der Waals surface area contributed by atoms with E-state index in [9.17, 15) is 17.6 Å². The second-order valence-corrected chi connectivity index (χ2v) is 10.1. The Labute approximate surface area is 189 Å². The van der Waals surface area contributed by atoms with E-state index in [1.165, 1.54) is 29.2 Å². The first-order valence-corrected chi connectivity index (χ1v) is 11.5. The molecule has 168 valence electrons. The molecule has 1 N–H and O–H groups in total. The highest BCUT2D eigenvalue weighted by Crippen LogP contribution is 2.37. The highest BCUT2D eigenvalue weighted by atomic mass is 35.5. The predicted molar refractivity (Wildman–Crippen MR) is 114 cm³/mol. The Morgan fingerprint density at radius 2 is 2.06 bits per heavy atom. The average Bonchev–Trinajstić information content (AvgIpc) is 3.15. The molecule has 3 heterocycles. The van der Waals surface area contributed by atoms with Gasteiger partial charge in [0, 0.05) is 32.9 Å². The summed E-state index contributed by atoms with van der Waals surface area (Å²) in [5, 5.41) is 10.2. The van der Waals surface area contributed by atoms with Crippen molar-refractivity contribution < 1.29 is 17.6 Å². The number of pyridine rings is 1. The third-order valence-corrected chi connectivity index (χ3v) is 7.33. The van der Waals surface area contributed by atoms with Crippen LogP contribution in [0.5, 0.6) is 0 Å². The van der Waals surface area contributed by atoms with Crippen LogP contribution >= 0.6 is 11.6 Å². The summed E-state index contributed by atoms with van der Waals surface area (Å²) in [6.45, 7) is 1.66. The maximum atomic E-state index is 14.6. The average molecular weight is 479 g/mol. The van der Waals surface area contributed by atoms with Crippen LogP contribution in [0.3, 0.4) is 0 Å². The van der Waals surface area contributed by atoms with Gasteiger partial charge in [-0.2, -0.15) is 4.31 Å². The molecule has 9 nitrogen and oxygen atoms in total. The minimum Gasteiger partial charge on any atom is -0.351 e. The van der Waals surface area contributed by atoms with Crippen molar-refractivity contribution in [1.29, 1.82) is 0 Å². The standard InChI is InChI=1S/C20H20ClFN6O3S/c1-13-5-6-14(15(21)8-13)19(29)24-10-20(18-16(22)4-3-7-23-18)11-28(12-20)32(30,31)17-9-27(2)26-25-17/h3-9H,10-12H2,1-2H3,(H,24,29). The van der Waals surface area contributed by atoms with Gasteiger partial charge in [0.2, 0.25) is 5.03 Å². The Balaban J connectivity index is 1.59. The molecule has 2 aromatic heterocycles. The minimum absolute atomic E-state index is 0.0313. The van der Waals surface area contributed by atoms with E-state index >= 15 is 0 Å². The number of nitrogens with zero attached hydrogens (tertiary/aromatic N) is 5. The first-order chi connectivity index (χ1) is 15.1. The molecule has 12 heteroatoms. The van der Waals surface area contributed by atoms with E-state index in [-0.39, 0.29) is 35.9 Å². The van der Waals surface area contributed by atoms with Crippen molar-refractivity contribution in [2.75, 3.05) is 19.6 Å². The Kier molecular flexibility index (Phi) is 5.74. The van der Waals surface area contributed by atoms with E-state index in [4.69, 9.17) is 11.6 Å². The zero-order chi connectivity index (χ0) is 23.1. The fourth-order valence-electron chi connectivity index (χ4n) is 3.65. The van der Waals surface area contributed by atoms with E-state index in [0.29, 0.717) is 5.02 Å². The first kappa shape index (κ1) is 22.3. The van der Waals surface area contributed by atoms with Crippen molar-refractivity contribution >= 4 is 27.5 Å². The number of hydrogen-bond acceptors (Lipinski definition) is 6. The number of carbonyl (C=O) groups excluding carboxylic acids is 1. The number of amides is 1. The largest absolute Gasteiger partial charge is 0.351 e. The van der Waals surface area contributed by atoms with Crippen molar-refractivity contribution in [3.63, 3.8) is 0 Å². The van der Waals surface area contributed by atoms with Gasteiger partial charge in [-0.05, 0) is 36.8 Å². The van der Waals surface area contributed by atoms with Gasteiger partial charge in [0.15, 0.2) is 0 Å². The predicted octanol–water partition coefficient (Wildman–Crippen LogP) is 1.68. The van der Waals surface area contributed by atoms with Gasteiger partial charge in [0.05, 0.1) is 27.9 Å². The molecule has 4 rings (SSSR count). The van der Waals surface area contributed by atoms with Gasteiger partial charge in [-0.25, -0.2) is 12.8 Å². The highest BCUT2D eigenvalue weighted by Gasteiger charge is 2.52. The number of carbonyl (C=O) groups is 1. The van der Waals surface area contributed by atoms with Crippen molar-refractivity contribution in [3.05, 3.63) is 70.4 Å². The third kappa shape index (κ3) is 3.98. The number of nitrogens with one attached hydrogen (secondary N) is 1. The van der Waals surface area contributed by atoms with Crippen molar-refractivity contribution in [1.82, 2.24) is 29.6 Å². The van der Waals surface area contributed by atoms with Gasteiger partial charge in [-0.3, -0.25) is 14.5 Å². The molecule has 1 fully saturated rings. The number of sulfonamides is 1. The summed E-state index contributed by atoms with van der Waals surface area (Å²) in [4.78, 5) is 16.9. The van der Waals surface area contributed by atoms with Crippen LogP contribution in [0.2, 0.25) is 5.02 Å². The summed E-state index contributed by atoms with van der Waals surface area (Å²) in [5.74, 6) is -1.02. The lowest BCUT2D eigenvalue weighted by molar-refractivity contribution is 0.0895. The number of aromatic nitrogens is 4. The maximum Gasteiger partial charge on any atom is 0.264 e. The molecular weight excluding hydrogens is 459 g/mol. The summed E-state index contributed by atoms with van der Waals surface area (Å²) >= 11 is 6.18. The topological polar surface area (TPSA) is 110 Å². The van der Waals surface area contributed by atoms with Gasteiger partial charge in [-0.15, -0.1) is 5.10 Å². The van der Waals surface area contributed by atoms with Gasteiger partial charge in [-0.1, -0.05) is 22.9 Å². The number of aryl methyl sites for hydroxylation is 2. The molecule has 0 radical (unpaired) electrons. The second-order valence-electron chi connectivity index (χ2n) is 7.78. The van der Waals surface area contributed by atoms with E-state index in [0.717, 1.165) is 9.87 Å². The number of halogens is 2. The molecule has 1 aromatic carbocycles. The lowest BCUT2D eigenvalue weighted by atomic mass is 9.77. The monoisotopic (exact) mass is 478 g/mol. The van der Waals surface area contributed by atoms with E-state index < -0.39 is 27.2 Å². The van der Waals surface area contributed by atoms with Gasteiger partial charge < -0.3 is 5.32 Å². The lowest BCUT2D eigenvalue weighted by Crippen LogP contribution is -2.65. The maximum absolute atomic E-state index is 14.6. The zero-order valence-corrected chi connectivity index (χ0v) is 18.9. The van der Waals surface area contributed by atoms with Crippen LogP contribution in [0.4, 0.5) is 4.39 Å². The van der Waals surface area contributed by atoms with Crippen LogP contribution in [-0.2, 0) is 22.5 Å². The molecule has 1 saturated heterocycles. The molecule has 1 amide bonds. The van der Waals surface area contributed by atoms with Crippen molar-refractivity contribution in [2.24, 2.45) is 7.05 Å². The third-order valence-electron chi connectivity index (χ3n) is 5.36. The molecule has 0 saturated carbocycles. The molecule has 0 bridgehead atoms. The Morgan fingerprint density at radius 1 is 1.31 bits per heavy atom. The van der Waals surface area contributed by atoms with E-state index in [2.05, 4.69) is 20.6 Å². The van der Waals surface area contributed by atoms with Gasteiger partial charge in [0.25, 0.3) is 15.9 Å². The Morgan fingerprint density at radius 3 is 2.69 bits per heavy atom. The lowest BCUT2D eigenvalue weighted by Gasteiger charge is -2.48. The van der Waals surface area contributed by atoms with Crippen molar-refractivity contribution in [2.45, 2.75) is 17.4 Å². The second kappa shape index (κ2) is 8.23. The minimum atomic E-state index is -3.92. The fraction of sp³-hybridized carbons (Fsp3) is 0.300. The van der Waals surface area contributed by atoms with E-state index in [1.807, 2.05) is 6.92 Å². The molecule has 0 spiro atoms. The molecule has 0 atom stereocenters. The van der Waals surface area contributed by atoms with Crippen LogP contribution in [0.25, 0.3) is 0 Å². The number of hydrogen-bond donors (Lipinski definition) is 1. The van der Waals surface area contributed by atoms with Crippen molar-refractivity contribution in [3.8, 4) is 0 Å². The Bertz CT molecular complexity index is 1290. The molecule has 3 aromatic rings. The van der Waals surface area contributed by atoms with Gasteiger partial charge >= 0.3 is 0 Å². The molecule has 1 aliphatic heterocycles. The SMILES string of the molecule is Cc1ccc(C(=O)NCC2(c3ncccc3F)CN(S(=O)(=O)c3cn(C)nn3)C2)c(Cl)c1. The van der Waals surface area contributed by atoms with Crippen LogP contribution in [0.15, 0.2) is 47.8 Å². The highest BCUT2D eigenvalue weighted by molar-refractivity contribution is 7.89. The van der Waals surface area contributed by atoms with Crippen LogP contribution in [0, 0.1) is 12.7 Å². The summed E-state index contributed by atoms with van der Waals surface area (Å²) < 4.78 is 42.8. The number of benzene rings is 1. The first-order valence-electron chi connectivity index (χ1n) is 9.64. The number of rotatable bonds is 6. The summed E-state index contributed by atoms with van der Waals surface area (Å²) in [6, 6.07) is 7.73. The van der Waals surface area contributed by atoms with Crippen LogP contribution in [-0.4, -0.2) is 58.2 Å². The van der Waals surface area contributed by atoms with Gasteiger partial charge in [0.1, 0.15) is 5.82 Å². The van der Waals surface area contributed by atoms with Crippen LogP contribution < -0.4 is 5.32 Å². The Hall–Kier alpha value is -2.89. The molecule has 0 aliphatic carbocycles.